The van der Waals surface area contributed by atoms with Crippen LogP contribution < -0.4 is 10.6 Å². The fourth-order valence-corrected chi connectivity index (χ4v) is 3.30. The van der Waals surface area contributed by atoms with E-state index >= 15 is 0 Å². The van der Waals surface area contributed by atoms with Crippen LogP contribution in [0.25, 0.3) is 0 Å². The van der Waals surface area contributed by atoms with Crippen LogP contribution in [0.1, 0.15) is 39.2 Å². The molecule has 1 saturated heterocycles. The lowest BCUT2D eigenvalue weighted by Gasteiger charge is -2.35. The Morgan fingerprint density at radius 2 is 2.12 bits per heavy atom. The minimum Gasteiger partial charge on any atom is -0.357 e. The van der Waals surface area contributed by atoms with Crippen molar-refractivity contribution in [1.29, 1.82) is 0 Å². The highest BCUT2D eigenvalue weighted by atomic mass is 35.5. The van der Waals surface area contributed by atoms with Crippen molar-refractivity contribution in [2.45, 2.75) is 46.2 Å². The Morgan fingerprint density at radius 1 is 1.33 bits per heavy atom. The van der Waals surface area contributed by atoms with Gasteiger partial charge in [0.2, 0.25) is 0 Å². The molecule has 1 aliphatic rings. The highest BCUT2D eigenvalue weighted by Gasteiger charge is 2.21. The summed E-state index contributed by atoms with van der Waals surface area (Å²) in [6.07, 6.45) is 2.58. The summed E-state index contributed by atoms with van der Waals surface area (Å²) in [4.78, 5) is 7.25. The summed E-state index contributed by atoms with van der Waals surface area (Å²) in [5.74, 6) is 1.56. The fourth-order valence-electron chi connectivity index (χ4n) is 3.11. The summed E-state index contributed by atoms with van der Waals surface area (Å²) < 4.78 is 0. The summed E-state index contributed by atoms with van der Waals surface area (Å²) >= 11 is 6.21. The predicted molar refractivity (Wildman–Crippen MR) is 104 cm³/mol. The topological polar surface area (TPSA) is 39.7 Å². The molecule has 0 aliphatic carbocycles. The van der Waals surface area contributed by atoms with E-state index < -0.39 is 0 Å². The SMILES string of the molecule is CCNC(=NCc1ccccc1Cl)NCC1CCCN(C(C)C)C1. The fraction of sp³-hybridized carbons (Fsp3) is 0.632. The molecule has 1 aromatic rings. The van der Waals surface area contributed by atoms with Crippen molar-refractivity contribution < 1.29 is 0 Å². The molecule has 24 heavy (non-hydrogen) atoms. The van der Waals surface area contributed by atoms with Gasteiger partial charge in [-0.15, -0.1) is 0 Å². The molecule has 2 N–H and O–H groups in total. The number of nitrogens with zero attached hydrogens (tertiary/aromatic N) is 2. The molecule has 4 nitrogen and oxygen atoms in total. The second-order valence-corrected chi connectivity index (χ2v) is 7.17. The second kappa shape index (κ2) is 9.90. The van der Waals surface area contributed by atoms with E-state index in [2.05, 4.69) is 41.3 Å². The molecule has 1 heterocycles. The number of aliphatic imine (C=N–C) groups is 1. The van der Waals surface area contributed by atoms with Gasteiger partial charge < -0.3 is 15.5 Å². The van der Waals surface area contributed by atoms with Gasteiger partial charge in [0.1, 0.15) is 0 Å². The van der Waals surface area contributed by atoms with E-state index in [9.17, 15) is 0 Å². The van der Waals surface area contributed by atoms with Gasteiger partial charge in [-0.3, -0.25) is 0 Å². The molecule has 1 aliphatic heterocycles. The average Bonchev–Trinajstić information content (AvgIpc) is 2.59. The van der Waals surface area contributed by atoms with Gasteiger partial charge in [0.25, 0.3) is 0 Å². The summed E-state index contributed by atoms with van der Waals surface area (Å²) in [5, 5.41) is 7.61. The molecule has 1 atom stereocenters. The van der Waals surface area contributed by atoms with Crippen molar-refractivity contribution in [3.63, 3.8) is 0 Å². The Labute approximate surface area is 151 Å². The predicted octanol–water partition coefficient (Wildman–Crippen LogP) is 3.52. The van der Waals surface area contributed by atoms with E-state index in [0.29, 0.717) is 18.5 Å². The summed E-state index contributed by atoms with van der Waals surface area (Å²) in [5.41, 5.74) is 1.06. The van der Waals surface area contributed by atoms with E-state index in [0.717, 1.165) is 29.6 Å². The van der Waals surface area contributed by atoms with Crippen molar-refractivity contribution in [2.24, 2.45) is 10.9 Å². The summed E-state index contributed by atoms with van der Waals surface area (Å²) in [7, 11) is 0. The normalized spacial score (nSPS) is 19.5. The van der Waals surface area contributed by atoms with E-state index in [1.54, 1.807) is 0 Å². The first-order valence-corrected chi connectivity index (χ1v) is 9.47. The van der Waals surface area contributed by atoms with Crippen molar-refractivity contribution in [3.05, 3.63) is 34.9 Å². The molecule has 1 unspecified atom stereocenters. The van der Waals surface area contributed by atoms with Crippen LogP contribution in [0.4, 0.5) is 0 Å². The number of rotatable bonds is 6. The van der Waals surface area contributed by atoms with Crippen LogP contribution in [0.5, 0.6) is 0 Å². The first-order valence-electron chi connectivity index (χ1n) is 9.09. The highest BCUT2D eigenvalue weighted by molar-refractivity contribution is 6.31. The van der Waals surface area contributed by atoms with Crippen LogP contribution in [0, 0.1) is 5.92 Å². The Morgan fingerprint density at radius 3 is 2.83 bits per heavy atom. The van der Waals surface area contributed by atoms with Crippen LogP contribution in [0.3, 0.4) is 0 Å². The second-order valence-electron chi connectivity index (χ2n) is 6.76. The van der Waals surface area contributed by atoms with Gasteiger partial charge in [-0.05, 0) is 57.7 Å². The van der Waals surface area contributed by atoms with Gasteiger partial charge >= 0.3 is 0 Å². The number of guanidine groups is 1. The third-order valence-corrected chi connectivity index (χ3v) is 4.92. The van der Waals surface area contributed by atoms with Gasteiger partial charge in [0, 0.05) is 30.7 Å². The molecule has 2 rings (SSSR count). The maximum absolute atomic E-state index is 6.21. The molecule has 0 spiro atoms. The largest absolute Gasteiger partial charge is 0.357 e. The van der Waals surface area contributed by atoms with E-state index in [1.165, 1.54) is 25.9 Å². The molecule has 0 amide bonds. The Kier molecular flexibility index (Phi) is 7.86. The van der Waals surface area contributed by atoms with Crippen LogP contribution in [-0.4, -0.2) is 43.1 Å². The quantitative estimate of drug-likeness (QED) is 0.609. The van der Waals surface area contributed by atoms with Crippen molar-refractivity contribution in [2.75, 3.05) is 26.2 Å². The number of piperidine rings is 1. The molecular weight excluding hydrogens is 320 g/mol. The number of nitrogens with one attached hydrogen (secondary N) is 2. The summed E-state index contributed by atoms with van der Waals surface area (Å²) in [6.45, 7) is 11.5. The monoisotopic (exact) mass is 350 g/mol. The van der Waals surface area contributed by atoms with Crippen LogP contribution in [0.15, 0.2) is 29.3 Å². The number of hydrogen-bond donors (Lipinski definition) is 2. The van der Waals surface area contributed by atoms with E-state index in [1.807, 2.05) is 24.3 Å². The molecular formula is C19H31ClN4. The third-order valence-electron chi connectivity index (χ3n) is 4.55. The third kappa shape index (κ3) is 5.99. The van der Waals surface area contributed by atoms with Crippen molar-refractivity contribution in [1.82, 2.24) is 15.5 Å². The maximum atomic E-state index is 6.21. The van der Waals surface area contributed by atoms with Crippen LogP contribution >= 0.6 is 11.6 Å². The van der Waals surface area contributed by atoms with Crippen molar-refractivity contribution in [3.8, 4) is 0 Å². The summed E-state index contributed by atoms with van der Waals surface area (Å²) in [6, 6.07) is 8.52. The Balaban J connectivity index is 1.88. The van der Waals surface area contributed by atoms with E-state index in [-0.39, 0.29) is 0 Å². The average molecular weight is 351 g/mol. The molecule has 1 aromatic carbocycles. The minimum absolute atomic E-state index is 0.595. The number of likely N-dealkylation sites (tertiary alicyclic amines) is 1. The molecule has 0 bridgehead atoms. The van der Waals surface area contributed by atoms with Gasteiger partial charge in [0.05, 0.1) is 6.54 Å². The smallest absolute Gasteiger partial charge is 0.191 e. The lowest BCUT2D eigenvalue weighted by atomic mass is 9.97. The Hall–Kier alpha value is -1.26. The molecule has 0 radical (unpaired) electrons. The van der Waals surface area contributed by atoms with Gasteiger partial charge in [0.15, 0.2) is 5.96 Å². The van der Waals surface area contributed by atoms with E-state index in [4.69, 9.17) is 11.6 Å². The zero-order valence-corrected chi connectivity index (χ0v) is 15.9. The van der Waals surface area contributed by atoms with Crippen LogP contribution in [-0.2, 0) is 6.54 Å². The molecule has 0 saturated carbocycles. The molecule has 5 heteroatoms. The zero-order valence-electron chi connectivity index (χ0n) is 15.2. The number of halogens is 1. The van der Waals surface area contributed by atoms with Crippen LogP contribution in [0.2, 0.25) is 5.02 Å². The molecule has 0 aromatic heterocycles. The first kappa shape index (κ1) is 19.1. The zero-order chi connectivity index (χ0) is 17.4. The van der Waals surface area contributed by atoms with Gasteiger partial charge in [-0.25, -0.2) is 4.99 Å². The minimum atomic E-state index is 0.595. The maximum Gasteiger partial charge on any atom is 0.191 e. The first-order chi connectivity index (χ1) is 11.6. The number of hydrogen-bond acceptors (Lipinski definition) is 2. The van der Waals surface area contributed by atoms with Crippen molar-refractivity contribution >= 4 is 17.6 Å². The number of benzene rings is 1. The Bertz CT molecular complexity index is 530. The highest BCUT2D eigenvalue weighted by Crippen LogP contribution is 2.18. The standard InChI is InChI=1S/C19H31ClN4/c1-4-21-19(23-13-17-9-5-6-10-18(17)20)22-12-16-8-7-11-24(14-16)15(2)3/h5-6,9-10,15-16H,4,7-8,11-14H2,1-3H3,(H2,21,22,23). The lowest BCUT2D eigenvalue weighted by molar-refractivity contribution is 0.141. The lowest BCUT2D eigenvalue weighted by Crippen LogP contribution is -2.46. The molecule has 1 fully saturated rings. The van der Waals surface area contributed by atoms with Gasteiger partial charge in [-0.1, -0.05) is 29.8 Å². The molecule has 134 valence electrons. The van der Waals surface area contributed by atoms with Gasteiger partial charge in [-0.2, -0.15) is 0 Å².